The van der Waals surface area contributed by atoms with Gasteiger partial charge < -0.3 is 55.1 Å². The van der Waals surface area contributed by atoms with Crippen LogP contribution in [0, 0.1) is 25.2 Å². The first-order valence-corrected chi connectivity index (χ1v) is 32.4. The van der Waals surface area contributed by atoms with Crippen molar-refractivity contribution in [2.45, 2.75) is 95.2 Å². The number of alkyl halides is 2. The topological polar surface area (TPSA) is 308 Å². The van der Waals surface area contributed by atoms with Gasteiger partial charge in [-0.15, -0.1) is 6.42 Å². The van der Waals surface area contributed by atoms with Crippen LogP contribution in [0.15, 0.2) is 54.7 Å². The van der Waals surface area contributed by atoms with E-state index in [2.05, 4.69) is 32.2 Å². The third-order valence-electron chi connectivity index (χ3n) is 16.4. The Balaban J connectivity index is 1.03. The number of carboxylic acids is 1. The number of aromatic nitrogens is 1. The van der Waals surface area contributed by atoms with Gasteiger partial charge in [-0.05, 0) is 81.2 Å². The van der Waals surface area contributed by atoms with Gasteiger partial charge in [0.25, 0.3) is 24.8 Å². The van der Waals surface area contributed by atoms with Crippen molar-refractivity contribution in [2.75, 3.05) is 137 Å². The van der Waals surface area contributed by atoms with Gasteiger partial charge in [0.2, 0.25) is 29.5 Å². The van der Waals surface area contributed by atoms with Crippen LogP contribution in [-0.4, -0.2) is 261 Å². The average molecular weight is 1320 g/mol. The number of fused-ring (bicyclic) bond motifs is 1. The van der Waals surface area contributed by atoms with Gasteiger partial charge in [-0.2, -0.15) is 11.8 Å². The van der Waals surface area contributed by atoms with E-state index >= 15 is 0 Å². The number of terminal acetylenes is 1. The van der Waals surface area contributed by atoms with Crippen molar-refractivity contribution in [1.29, 1.82) is 0 Å². The number of piperidine rings is 1. The van der Waals surface area contributed by atoms with Crippen molar-refractivity contribution in [3.8, 4) is 18.1 Å². The number of benzene rings is 2. The molecule has 3 atom stereocenters. The Bertz CT molecular complexity index is 3030. The van der Waals surface area contributed by atoms with E-state index in [-0.39, 0.29) is 82.4 Å². The largest absolute Gasteiger partial charge is 0.494 e. The van der Waals surface area contributed by atoms with Crippen LogP contribution in [0.1, 0.15) is 79.3 Å². The van der Waals surface area contributed by atoms with Crippen molar-refractivity contribution < 1.29 is 80.8 Å². The van der Waals surface area contributed by atoms with E-state index in [0.717, 1.165) is 35.3 Å². The van der Waals surface area contributed by atoms with E-state index in [1.165, 1.54) is 31.1 Å². The number of hydrogen-bond acceptors (Lipinski definition) is 20. The standard InChI is InChI=1S/C64H87F2N11O15S/c1-4-49-36-64(65,66)41-77(49)58(82)37-69-61(86)51-17-20-67-53-16-15-50(34-52(51)53)92-32-6-5-8-48-18-22-76(23-19-48)63(88)54(35-60(85)89-3)71-62(87)55(40-93-33-21-68-56(80)10-7-9-47-13-11-46(2)12-14-47)70-57(81)38-72-24-25-73(39-59(83)84)27-29-75(43-91-45-79)31-30-74(28-26-72)42-90-44-78/h1,11-17,20,34,44-45,48-49,54-55H,5-10,18-19,21-33,35-43H2,2-3H3,(H,68,80)(H,69,86)(H,70,81)(H,71,87)(H,83,84)/t49-,54-,55-/m0/s1. The zero-order chi connectivity index (χ0) is 67.1. The minimum absolute atomic E-state index is 0.0122. The zero-order valence-corrected chi connectivity index (χ0v) is 53.7. The lowest BCUT2D eigenvalue weighted by Gasteiger charge is -2.34. The van der Waals surface area contributed by atoms with Crippen molar-refractivity contribution in [3.63, 3.8) is 0 Å². The smallest absolute Gasteiger partial charge is 0.317 e. The number of nitrogens with one attached hydrogen (secondary N) is 4. The van der Waals surface area contributed by atoms with Gasteiger partial charge in [0.05, 0.1) is 63.4 Å². The predicted octanol–water partition coefficient (Wildman–Crippen LogP) is 1.90. The molecule has 3 aliphatic rings. The van der Waals surface area contributed by atoms with Crippen LogP contribution in [-0.2, 0) is 63.8 Å². The minimum Gasteiger partial charge on any atom is -0.494 e. The lowest BCUT2D eigenvalue weighted by Crippen LogP contribution is -2.57. The predicted molar refractivity (Wildman–Crippen MR) is 339 cm³/mol. The van der Waals surface area contributed by atoms with E-state index in [4.69, 9.17) is 25.4 Å². The monoisotopic (exact) mass is 1320 g/mol. The Kier molecular flexibility index (Phi) is 30.9. The van der Waals surface area contributed by atoms with Crippen LogP contribution >= 0.6 is 11.8 Å². The molecular weight excluding hydrogens is 1230 g/mol. The number of hydrogen-bond donors (Lipinski definition) is 5. The molecule has 1 aromatic heterocycles. The molecule has 0 aliphatic carbocycles. The Hall–Kier alpha value is -8.04. The fourth-order valence-electron chi connectivity index (χ4n) is 11.1. The second kappa shape index (κ2) is 38.8. The summed E-state index contributed by atoms with van der Waals surface area (Å²) >= 11 is 1.29. The number of ether oxygens (including phenoxy) is 4. The van der Waals surface area contributed by atoms with E-state index in [9.17, 15) is 61.8 Å². The van der Waals surface area contributed by atoms with Gasteiger partial charge in [-0.25, -0.2) is 8.78 Å². The van der Waals surface area contributed by atoms with Crippen LogP contribution in [0.3, 0.4) is 0 Å². The molecule has 3 fully saturated rings. The number of aliphatic carboxylic acids is 1. The van der Waals surface area contributed by atoms with Crippen LogP contribution in [0.4, 0.5) is 8.78 Å². The number of carbonyl (C=O) groups is 10. The number of methoxy groups -OCH3 is 1. The first kappa shape index (κ1) is 74.0. The fourth-order valence-corrected chi connectivity index (χ4v) is 12.0. The van der Waals surface area contributed by atoms with E-state index in [1.807, 2.05) is 41.0 Å². The summed E-state index contributed by atoms with van der Waals surface area (Å²) in [6.07, 6.45) is 11.0. The van der Waals surface area contributed by atoms with Crippen LogP contribution in [0.2, 0.25) is 0 Å². The molecule has 0 spiro atoms. The van der Waals surface area contributed by atoms with Crippen molar-refractivity contribution in [3.05, 3.63) is 71.4 Å². The van der Waals surface area contributed by atoms with E-state index in [0.29, 0.717) is 113 Å². The van der Waals surface area contributed by atoms with Crippen molar-refractivity contribution in [2.24, 2.45) is 5.92 Å². The normalized spacial score (nSPS) is 17.7. The summed E-state index contributed by atoms with van der Waals surface area (Å²) in [5.41, 5.74) is 2.98. The van der Waals surface area contributed by atoms with Gasteiger partial charge in [-0.3, -0.25) is 72.5 Å². The first-order chi connectivity index (χ1) is 44.8. The lowest BCUT2D eigenvalue weighted by molar-refractivity contribution is -0.146. The van der Waals surface area contributed by atoms with Gasteiger partial charge >= 0.3 is 11.9 Å². The number of thioether (sulfide) groups is 1. The highest BCUT2D eigenvalue weighted by Gasteiger charge is 2.46. The molecule has 3 aromatic rings. The maximum Gasteiger partial charge on any atom is 0.317 e. The summed E-state index contributed by atoms with van der Waals surface area (Å²) in [5, 5.41) is 21.2. The Labute approximate surface area is 544 Å². The summed E-state index contributed by atoms with van der Waals surface area (Å²) < 4.78 is 49.1. The summed E-state index contributed by atoms with van der Waals surface area (Å²) in [6.45, 7) is 4.24. The molecular formula is C64H87F2N11O15S. The van der Waals surface area contributed by atoms with Gasteiger partial charge in [0.15, 0.2) is 0 Å². The van der Waals surface area contributed by atoms with Gasteiger partial charge in [-0.1, -0.05) is 42.2 Å². The molecule has 93 heavy (non-hydrogen) atoms. The molecule has 0 bridgehead atoms. The van der Waals surface area contributed by atoms with Crippen LogP contribution in [0.5, 0.6) is 5.75 Å². The second-order valence-corrected chi connectivity index (χ2v) is 24.4. The lowest BCUT2D eigenvalue weighted by atomic mass is 9.91. The number of halogens is 2. The second-order valence-electron chi connectivity index (χ2n) is 23.3. The average Bonchev–Trinajstić information content (AvgIpc) is 1.78. The third-order valence-corrected chi connectivity index (χ3v) is 17.4. The summed E-state index contributed by atoms with van der Waals surface area (Å²) in [7, 11) is 1.17. The van der Waals surface area contributed by atoms with Crippen molar-refractivity contribution in [1.82, 2.24) is 55.7 Å². The Morgan fingerprint density at radius 3 is 2.10 bits per heavy atom. The number of unbranched alkanes of at least 4 members (excludes halogenated alkanes) is 1. The van der Waals surface area contributed by atoms with Crippen LogP contribution in [0.25, 0.3) is 10.9 Å². The number of pyridine rings is 1. The van der Waals surface area contributed by atoms with Gasteiger partial charge in [0.1, 0.15) is 31.3 Å². The number of rotatable bonds is 34. The minimum atomic E-state index is -3.12. The quantitative estimate of drug-likeness (QED) is 0.0187. The number of aryl methyl sites for hydroxylation is 2. The highest BCUT2D eigenvalue weighted by Crippen LogP contribution is 2.32. The SMILES string of the molecule is C#C[C@H]1CC(F)(F)CN1C(=O)CNC(=O)c1ccnc2ccc(OCCCCC3CCN(C(=O)[C@H](CC(=O)OC)NC(=O)[C@H](CSCCNC(=O)CCCc4ccc(C)cc4)NC(=O)CN4CCN(COC=O)CCN(COC=O)CCN(CC(=O)O)CC4)CC3)cc12. The maximum atomic E-state index is 14.5. The molecule has 0 radical (unpaired) electrons. The highest BCUT2D eigenvalue weighted by molar-refractivity contribution is 7.99. The molecule has 508 valence electrons. The van der Waals surface area contributed by atoms with Gasteiger partial charge in [0, 0.05) is 108 Å². The van der Waals surface area contributed by atoms with Crippen molar-refractivity contribution >= 4 is 83.0 Å². The first-order valence-electron chi connectivity index (χ1n) is 31.3. The molecule has 6 amide bonds. The summed E-state index contributed by atoms with van der Waals surface area (Å²) in [4.78, 5) is 143. The third kappa shape index (κ3) is 25.8. The summed E-state index contributed by atoms with van der Waals surface area (Å²) in [5.74, 6) is -4.86. The Morgan fingerprint density at radius 2 is 1.46 bits per heavy atom. The van der Waals surface area contributed by atoms with Crippen LogP contribution < -0.4 is 26.0 Å². The molecule has 26 nitrogen and oxygen atoms in total. The van der Waals surface area contributed by atoms with E-state index < -0.39 is 91.5 Å². The number of amides is 6. The Morgan fingerprint density at radius 1 is 0.806 bits per heavy atom. The number of likely N-dealkylation sites (tertiary alicyclic amines) is 2. The number of esters is 1. The molecule has 3 aliphatic heterocycles. The highest BCUT2D eigenvalue weighted by atomic mass is 32.2. The number of nitrogens with zero attached hydrogens (tertiary/aromatic N) is 7. The molecule has 0 unspecified atom stereocenters. The molecule has 6 rings (SSSR count). The zero-order valence-electron chi connectivity index (χ0n) is 52.9. The summed E-state index contributed by atoms with van der Waals surface area (Å²) in [6, 6.07) is 11.1. The molecule has 2 aromatic carbocycles. The number of carboxylic acid groups (broad SMARTS) is 1. The molecule has 0 saturated carbocycles. The molecule has 4 heterocycles. The molecule has 3 saturated heterocycles. The molecule has 29 heteroatoms. The fraction of sp³-hybridized carbons (Fsp3) is 0.578. The molecule has 5 N–H and O–H groups in total. The maximum absolute atomic E-state index is 14.5. The van der Waals surface area contributed by atoms with E-state index in [1.54, 1.807) is 32.9 Å². The number of carbonyl (C=O) groups excluding carboxylic acids is 9.